The van der Waals surface area contributed by atoms with Gasteiger partial charge >= 0.3 is 0 Å². The Balaban J connectivity index is 1.91. The molecular weight excluding hydrogens is 254 g/mol. The molecule has 1 saturated carbocycles. The third kappa shape index (κ3) is 3.72. The molecule has 0 aliphatic heterocycles. The highest BCUT2D eigenvalue weighted by Gasteiger charge is 2.39. The zero-order valence-electron chi connectivity index (χ0n) is 12.1. The molecule has 1 aliphatic rings. The van der Waals surface area contributed by atoms with Gasteiger partial charge in [-0.1, -0.05) is 19.1 Å². The van der Waals surface area contributed by atoms with Crippen molar-refractivity contribution in [3.63, 3.8) is 0 Å². The summed E-state index contributed by atoms with van der Waals surface area (Å²) in [5.74, 6) is 0.863. The molecule has 0 spiro atoms. The van der Waals surface area contributed by atoms with Gasteiger partial charge in [0.15, 0.2) is 0 Å². The summed E-state index contributed by atoms with van der Waals surface area (Å²) in [7, 11) is 0. The van der Waals surface area contributed by atoms with Gasteiger partial charge in [0, 0.05) is 18.6 Å². The Morgan fingerprint density at radius 3 is 2.65 bits per heavy atom. The lowest BCUT2D eigenvalue weighted by molar-refractivity contribution is 0.142. The molecule has 4 nitrogen and oxygen atoms in total. The third-order valence-electron chi connectivity index (χ3n) is 4.04. The highest BCUT2D eigenvalue weighted by atomic mass is 16.5. The van der Waals surface area contributed by atoms with Crippen LogP contribution in [0.1, 0.15) is 31.7 Å². The molecule has 0 aromatic heterocycles. The first-order chi connectivity index (χ1) is 9.71. The number of aliphatic hydroxyl groups excluding tert-OH is 2. The van der Waals surface area contributed by atoms with E-state index in [1.54, 1.807) is 0 Å². The number of rotatable bonds is 7. The first-order valence-electron chi connectivity index (χ1n) is 7.44. The van der Waals surface area contributed by atoms with Gasteiger partial charge in [-0.3, -0.25) is 0 Å². The van der Waals surface area contributed by atoms with Gasteiger partial charge in [0.2, 0.25) is 0 Å². The average Bonchev–Trinajstić information content (AvgIpc) is 2.85. The molecule has 2 atom stereocenters. The second-order valence-corrected chi connectivity index (χ2v) is 5.57. The lowest BCUT2D eigenvalue weighted by Gasteiger charge is -2.27. The van der Waals surface area contributed by atoms with E-state index in [-0.39, 0.29) is 24.9 Å². The molecule has 112 valence electrons. The molecule has 0 amide bonds. The molecule has 0 saturated heterocycles. The van der Waals surface area contributed by atoms with Gasteiger partial charge in [-0.25, -0.2) is 0 Å². The largest absolute Gasteiger partial charge is 0.490 e. The van der Waals surface area contributed by atoms with Crippen LogP contribution in [0.15, 0.2) is 24.3 Å². The summed E-state index contributed by atoms with van der Waals surface area (Å²) in [6.07, 6.45) is 3.59. The molecule has 0 heterocycles. The standard InChI is InChI=1S/C16H25NO3/c1-2-17-16(12-19)9-7-15(11-16)20-14-5-3-13(4-6-14)8-10-18/h3-6,15,17-19H,2,7-12H2,1H3. The molecule has 20 heavy (non-hydrogen) atoms. The summed E-state index contributed by atoms with van der Waals surface area (Å²) in [6, 6.07) is 7.89. The Morgan fingerprint density at radius 1 is 1.30 bits per heavy atom. The van der Waals surface area contributed by atoms with E-state index in [2.05, 4.69) is 12.2 Å². The van der Waals surface area contributed by atoms with Crippen LogP contribution in [0, 0.1) is 0 Å². The van der Waals surface area contributed by atoms with Crippen LogP contribution in [0.3, 0.4) is 0 Å². The zero-order chi connectivity index (χ0) is 14.4. The summed E-state index contributed by atoms with van der Waals surface area (Å²) in [5, 5.41) is 21.9. The van der Waals surface area contributed by atoms with Crippen molar-refractivity contribution in [3.8, 4) is 5.75 Å². The molecule has 3 N–H and O–H groups in total. The van der Waals surface area contributed by atoms with E-state index in [0.29, 0.717) is 6.42 Å². The molecule has 1 aliphatic carbocycles. The van der Waals surface area contributed by atoms with Gasteiger partial charge < -0.3 is 20.3 Å². The van der Waals surface area contributed by atoms with E-state index < -0.39 is 0 Å². The second kappa shape index (κ2) is 7.07. The Morgan fingerprint density at radius 2 is 2.05 bits per heavy atom. The minimum absolute atomic E-state index is 0.157. The predicted octanol–water partition coefficient (Wildman–Crippen LogP) is 1.49. The average molecular weight is 279 g/mol. The van der Waals surface area contributed by atoms with E-state index in [4.69, 9.17) is 9.84 Å². The summed E-state index contributed by atoms with van der Waals surface area (Å²) < 4.78 is 6.00. The van der Waals surface area contributed by atoms with Crippen molar-refractivity contribution < 1.29 is 14.9 Å². The maximum atomic E-state index is 9.59. The van der Waals surface area contributed by atoms with Gasteiger partial charge in [-0.15, -0.1) is 0 Å². The molecule has 2 rings (SSSR count). The molecule has 2 unspecified atom stereocenters. The maximum Gasteiger partial charge on any atom is 0.119 e. The van der Waals surface area contributed by atoms with E-state index >= 15 is 0 Å². The van der Waals surface area contributed by atoms with Gasteiger partial charge in [-0.05, 0) is 43.5 Å². The smallest absolute Gasteiger partial charge is 0.119 e. The van der Waals surface area contributed by atoms with Crippen LogP contribution in [0.4, 0.5) is 0 Å². The molecule has 1 aromatic carbocycles. The molecule has 1 fully saturated rings. The number of nitrogens with one attached hydrogen (secondary N) is 1. The number of benzene rings is 1. The minimum Gasteiger partial charge on any atom is -0.490 e. The third-order valence-corrected chi connectivity index (χ3v) is 4.04. The van der Waals surface area contributed by atoms with Crippen molar-refractivity contribution in [1.82, 2.24) is 5.32 Å². The highest BCUT2D eigenvalue weighted by molar-refractivity contribution is 5.27. The molecule has 0 radical (unpaired) electrons. The lowest BCUT2D eigenvalue weighted by atomic mass is 9.99. The van der Waals surface area contributed by atoms with Crippen molar-refractivity contribution >= 4 is 0 Å². The maximum absolute atomic E-state index is 9.59. The van der Waals surface area contributed by atoms with E-state index in [0.717, 1.165) is 37.1 Å². The first-order valence-corrected chi connectivity index (χ1v) is 7.44. The van der Waals surface area contributed by atoms with Gasteiger partial charge in [0.05, 0.1) is 6.61 Å². The number of aliphatic hydroxyl groups is 2. The summed E-state index contributed by atoms with van der Waals surface area (Å²) in [6.45, 7) is 3.26. The summed E-state index contributed by atoms with van der Waals surface area (Å²) >= 11 is 0. The fraction of sp³-hybridized carbons (Fsp3) is 0.625. The highest BCUT2D eigenvalue weighted by Crippen LogP contribution is 2.32. The monoisotopic (exact) mass is 279 g/mol. The summed E-state index contributed by atoms with van der Waals surface area (Å²) in [4.78, 5) is 0. The van der Waals surface area contributed by atoms with E-state index in [1.807, 2.05) is 24.3 Å². The molecular formula is C16H25NO3. The summed E-state index contributed by atoms with van der Waals surface area (Å²) in [5.41, 5.74) is 0.944. The van der Waals surface area contributed by atoms with Crippen LogP contribution in [-0.4, -0.2) is 41.6 Å². The Kier molecular flexibility index (Phi) is 5.40. The number of hydrogen-bond acceptors (Lipinski definition) is 4. The van der Waals surface area contributed by atoms with E-state index in [1.165, 1.54) is 0 Å². The van der Waals surface area contributed by atoms with Crippen molar-refractivity contribution in [2.75, 3.05) is 19.8 Å². The van der Waals surface area contributed by atoms with Crippen molar-refractivity contribution in [3.05, 3.63) is 29.8 Å². The van der Waals surface area contributed by atoms with Crippen LogP contribution in [-0.2, 0) is 6.42 Å². The topological polar surface area (TPSA) is 61.7 Å². The minimum atomic E-state index is -0.170. The van der Waals surface area contributed by atoms with Gasteiger partial charge in [0.1, 0.15) is 11.9 Å². The van der Waals surface area contributed by atoms with Crippen molar-refractivity contribution in [2.24, 2.45) is 0 Å². The number of ether oxygens (including phenoxy) is 1. The quantitative estimate of drug-likeness (QED) is 0.708. The van der Waals surface area contributed by atoms with Crippen LogP contribution in [0.25, 0.3) is 0 Å². The van der Waals surface area contributed by atoms with E-state index in [9.17, 15) is 5.11 Å². The van der Waals surface area contributed by atoms with Crippen LogP contribution >= 0.6 is 0 Å². The fourth-order valence-electron chi connectivity index (χ4n) is 2.97. The Bertz CT molecular complexity index is 407. The molecule has 1 aromatic rings. The Labute approximate surface area is 120 Å². The normalized spacial score (nSPS) is 25.9. The second-order valence-electron chi connectivity index (χ2n) is 5.57. The molecule has 0 bridgehead atoms. The zero-order valence-corrected chi connectivity index (χ0v) is 12.1. The number of likely N-dealkylation sites (N-methyl/N-ethyl adjacent to an activating group) is 1. The van der Waals surface area contributed by atoms with Crippen LogP contribution < -0.4 is 10.1 Å². The van der Waals surface area contributed by atoms with Crippen LogP contribution in [0.2, 0.25) is 0 Å². The van der Waals surface area contributed by atoms with Crippen molar-refractivity contribution in [1.29, 1.82) is 0 Å². The molecule has 4 heteroatoms. The predicted molar refractivity (Wildman–Crippen MR) is 79.0 cm³/mol. The van der Waals surface area contributed by atoms with Crippen molar-refractivity contribution in [2.45, 2.75) is 44.2 Å². The lowest BCUT2D eigenvalue weighted by Crippen LogP contribution is -2.46. The van der Waals surface area contributed by atoms with Gasteiger partial charge in [-0.2, -0.15) is 0 Å². The first kappa shape index (κ1) is 15.3. The fourth-order valence-corrected chi connectivity index (χ4v) is 2.97. The number of hydrogen-bond donors (Lipinski definition) is 3. The SMILES string of the molecule is CCNC1(CO)CCC(Oc2ccc(CCO)cc2)C1. The van der Waals surface area contributed by atoms with Gasteiger partial charge in [0.25, 0.3) is 0 Å². The van der Waals surface area contributed by atoms with Crippen LogP contribution in [0.5, 0.6) is 5.75 Å². The Hall–Kier alpha value is -1.10.